The van der Waals surface area contributed by atoms with E-state index in [0.29, 0.717) is 21.6 Å². The molecule has 0 aliphatic heterocycles. The van der Waals surface area contributed by atoms with Gasteiger partial charge >= 0.3 is 0 Å². The van der Waals surface area contributed by atoms with Gasteiger partial charge in [-0.2, -0.15) is 0 Å². The van der Waals surface area contributed by atoms with Crippen LogP contribution in [0.4, 0.5) is 5.69 Å². The molecular formula is C18H19ClN6OS2. The van der Waals surface area contributed by atoms with E-state index in [2.05, 4.69) is 25.5 Å². The smallest absolute Gasteiger partial charge is 0.234 e. The Morgan fingerprint density at radius 2 is 1.79 bits per heavy atom. The summed E-state index contributed by atoms with van der Waals surface area (Å²) in [5, 5.41) is 13.3. The van der Waals surface area contributed by atoms with Crippen LogP contribution in [0.25, 0.3) is 0 Å². The van der Waals surface area contributed by atoms with Gasteiger partial charge < -0.3 is 9.88 Å². The third-order valence-electron chi connectivity index (χ3n) is 3.68. The monoisotopic (exact) mass is 434 g/mol. The molecule has 0 saturated carbocycles. The summed E-state index contributed by atoms with van der Waals surface area (Å²) in [6.45, 7) is 3.90. The van der Waals surface area contributed by atoms with Gasteiger partial charge in [0.25, 0.3) is 0 Å². The molecule has 2 aromatic heterocycles. The highest BCUT2D eigenvalue weighted by Crippen LogP contribution is 2.22. The van der Waals surface area contributed by atoms with Crippen molar-refractivity contribution in [1.29, 1.82) is 0 Å². The number of carbonyl (C=O) groups excluding carboxylic acids is 1. The van der Waals surface area contributed by atoms with E-state index in [4.69, 9.17) is 11.6 Å². The van der Waals surface area contributed by atoms with Gasteiger partial charge in [-0.25, -0.2) is 9.97 Å². The average Bonchev–Trinajstić information content (AvgIpc) is 2.99. The molecular weight excluding hydrogens is 416 g/mol. The van der Waals surface area contributed by atoms with Crippen LogP contribution in [0.5, 0.6) is 0 Å². The molecule has 1 amide bonds. The van der Waals surface area contributed by atoms with Gasteiger partial charge in [0.15, 0.2) is 10.3 Å². The summed E-state index contributed by atoms with van der Waals surface area (Å²) in [4.78, 5) is 21.0. The molecule has 3 aromatic rings. The van der Waals surface area contributed by atoms with Crippen molar-refractivity contribution in [2.45, 2.75) is 29.9 Å². The average molecular weight is 435 g/mol. The maximum absolute atomic E-state index is 12.1. The largest absolute Gasteiger partial charge is 0.325 e. The number of aromatic nitrogens is 5. The highest BCUT2D eigenvalue weighted by molar-refractivity contribution is 7.99. The molecule has 2 heterocycles. The van der Waals surface area contributed by atoms with Crippen molar-refractivity contribution in [3.63, 3.8) is 0 Å². The minimum absolute atomic E-state index is 0.116. The number of nitrogens with zero attached hydrogens (tertiary/aromatic N) is 5. The first-order chi connectivity index (χ1) is 13.4. The number of hydrogen-bond acceptors (Lipinski definition) is 7. The summed E-state index contributed by atoms with van der Waals surface area (Å²) < 4.78 is 1.88. The van der Waals surface area contributed by atoms with Crippen LogP contribution >= 0.6 is 35.1 Å². The van der Waals surface area contributed by atoms with Crippen molar-refractivity contribution in [3.8, 4) is 0 Å². The van der Waals surface area contributed by atoms with Gasteiger partial charge in [-0.1, -0.05) is 35.1 Å². The summed E-state index contributed by atoms with van der Waals surface area (Å²) in [7, 11) is 1.89. The Morgan fingerprint density at radius 3 is 2.46 bits per heavy atom. The summed E-state index contributed by atoms with van der Waals surface area (Å²) in [6.07, 6.45) is 0. The molecule has 146 valence electrons. The van der Waals surface area contributed by atoms with Gasteiger partial charge in [-0.15, -0.1) is 10.2 Å². The van der Waals surface area contributed by atoms with E-state index in [-0.39, 0.29) is 11.7 Å². The molecule has 0 radical (unpaired) electrons. The summed E-state index contributed by atoms with van der Waals surface area (Å²) in [5.74, 6) is 1.52. The zero-order chi connectivity index (χ0) is 20.1. The first-order valence-corrected chi connectivity index (χ1v) is 10.8. The van der Waals surface area contributed by atoms with E-state index >= 15 is 0 Å². The van der Waals surface area contributed by atoms with Gasteiger partial charge in [0.2, 0.25) is 5.91 Å². The van der Waals surface area contributed by atoms with Crippen LogP contribution in [0.15, 0.2) is 40.6 Å². The number of benzene rings is 1. The fraction of sp³-hybridized carbons (Fsp3) is 0.278. The SMILES string of the molecule is Cc1cc(C)nc(SCc2nnc(SCC(=O)Nc3ccc(Cl)cc3)n2C)n1. The lowest BCUT2D eigenvalue weighted by Gasteiger charge is -2.06. The summed E-state index contributed by atoms with van der Waals surface area (Å²) in [5.41, 5.74) is 2.59. The molecule has 0 spiro atoms. The molecule has 0 aliphatic carbocycles. The first kappa shape index (κ1) is 20.6. The summed E-state index contributed by atoms with van der Waals surface area (Å²) >= 11 is 8.69. The van der Waals surface area contributed by atoms with Crippen LogP contribution in [0.2, 0.25) is 5.02 Å². The topological polar surface area (TPSA) is 85.6 Å². The number of amides is 1. The number of thioether (sulfide) groups is 2. The van der Waals surface area contributed by atoms with Crippen LogP contribution in [-0.2, 0) is 17.6 Å². The third-order valence-corrected chi connectivity index (χ3v) is 5.79. The maximum atomic E-state index is 12.1. The van der Waals surface area contributed by atoms with Crippen molar-refractivity contribution < 1.29 is 4.79 Å². The zero-order valence-electron chi connectivity index (χ0n) is 15.6. The van der Waals surface area contributed by atoms with Crippen LogP contribution < -0.4 is 5.32 Å². The predicted molar refractivity (Wildman–Crippen MR) is 113 cm³/mol. The van der Waals surface area contributed by atoms with Crippen LogP contribution in [-0.4, -0.2) is 36.4 Å². The van der Waals surface area contributed by atoms with Crippen molar-refractivity contribution in [2.75, 3.05) is 11.1 Å². The molecule has 0 saturated heterocycles. The Bertz CT molecular complexity index is 956. The second-order valence-corrected chi connectivity index (χ2v) is 8.34. The Labute approximate surface area is 176 Å². The molecule has 0 bridgehead atoms. The minimum Gasteiger partial charge on any atom is -0.325 e. The molecule has 0 fully saturated rings. The molecule has 3 rings (SSSR count). The standard InChI is InChI=1S/C18H19ClN6OS2/c1-11-8-12(2)21-17(20-11)27-9-15-23-24-18(25(15)3)28-10-16(26)22-14-6-4-13(19)5-7-14/h4-8H,9-10H2,1-3H3,(H,22,26). The number of nitrogens with one attached hydrogen (secondary N) is 1. The molecule has 10 heteroatoms. The van der Waals surface area contributed by atoms with E-state index in [9.17, 15) is 4.79 Å². The number of halogens is 1. The van der Waals surface area contributed by atoms with Gasteiger partial charge in [-0.3, -0.25) is 4.79 Å². The van der Waals surface area contributed by atoms with E-state index in [1.807, 2.05) is 31.5 Å². The van der Waals surface area contributed by atoms with E-state index in [1.165, 1.54) is 23.5 Å². The second kappa shape index (κ2) is 9.40. The molecule has 0 atom stereocenters. The maximum Gasteiger partial charge on any atom is 0.234 e. The lowest BCUT2D eigenvalue weighted by molar-refractivity contribution is -0.113. The third kappa shape index (κ3) is 5.70. The quantitative estimate of drug-likeness (QED) is 0.445. The Hall–Kier alpha value is -2.10. The number of hydrogen-bond donors (Lipinski definition) is 1. The minimum atomic E-state index is -0.116. The molecule has 1 aromatic carbocycles. The zero-order valence-corrected chi connectivity index (χ0v) is 18.0. The molecule has 1 N–H and O–H groups in total. The fourth-order valence-electron chi connectivity index (χ4n) is 2.34. The number of aryl methyl sites for hydroxylation is 2. The van der Waals surface area contributed by atoms with Gasteiger partial charge in [0, 0.05) is 29.1 Å². The Balaban J connectivity index is 1.53. The lowest BCUT2D eigenvalue weighted by Crippen LogP contribution is -2.14. The van der Waals surface area contributed by atoms with Crippen LogP contribution in [0, 0.1) is 13.8 Å². The number of anilines is 1. The van der Waals surface area contributed by atoms with Crippen LogP contribution in [0.1, 0.15) is 17.2 Å². The van der Waals surface area contributed by atoms with E-state index in [1.54, 1.807) is 24.3 Å². The highest BCUT2D eigenvalue weighted by Gasteiger charge is 2.13. The van der Waals surface area contributed by atoms with Crippen molar-refractivity contribution in [3.05, 3.63) is 52.6 Å². The van der Waals surface area contributed by atoms with Gasteiger partial charge in [0.1, 0.15) is 5.82 Å². The first-order valence-electron chi connectivity index (χ1n) is 8.42. The highest BCUT2D eigenvalue weighted by atomic mass is 35.5. The van der Waals surface area contributed by atoms with Crippen molar-refractivity contribution in [1.82, 2.24) is 24.7 Å². The number of carbonyl (C=O) groups is 1. The lowest BCUT2D eigenvalue weighted by atomic mass is 10.3. The van der Waals surface area contributed by atoms with Gasteiger partial charge in [0.05, 0.1) is 11.5 Å². The molecule has 0 aliphatic rings. The summed E-state index contributed by atoms with van der Waals surface area (Å²) in [6, 6.07) is 8.93. The normalized spacial score (nSPS) is 10.9. The molecule has 28 heavy (non-hydrogen) atoms. The second-order valence-electron chi connectivity index (χ2n) is 6.02. The van der Waals surface area contributed by atoms with E-state index in [0.717, 1.165) is 22.4 Å². The Morgan fingerprint density at radius 1 is 1.11 bits per heavy atom. The molecule has 7 nitrogen and oxygen atoms in total. The van der Waals surface area contributed by atoms with Crippen molar-refractivity contribution in [2.24, 2.45) is 7.05 Å². The molecule has 0 unspecified atom stereocenters. The van der Waals surface area contributed by atoms with Crippen molar-refractivity contribution >= 4 is 46.7 Å². The predicted octanol–water partition coefficient (Wildman–Crippen LogP) is 3.90. The fourth-order valence-corrected chi connectivity index (χ4v) is 4.13. The van der Waals surface area contributed by atoms with Crippen LogP contribution in [0.3, 0.4) is 0 Å². The van der Waals surface area contributed by atoms with Gasteiger partial charge in [-0.05, 0) is 44.2 Å². The number of rotatable bonds is 7. The Kier molecular flexibility index (Phi) is 6.93. The van der Waals surface area contributed by atoms with E-state index < -0.39 is 0 Å².